The van der Waals surface area contributed by atoms with Gasteiger partial charge in [-0.15, -0.1) is 0 Å². The average Bonchev–Trinajstić information content (AvgIpc) is 2.85. The Kier molecular flexibility index (Phi) is 6.44. The van der Waals surface area contributed by atoms with Gasteiger partial charge in [-0.25, -0.2) is 9.80 Å². The zero-order valence-corrected chi connectivity index (χ0v) is 18.7. The first kappa shape index (κ1) is 21.9. The zero-order valence-electron chi connectivity index (χ0n) is 18.7. The van der Waals surface area contributed by atoms with Gasteiger partial charge in [0.25, 0.3) is 0 Å². The Bertz CT molecular complexity index is 1030. The summed E-state index contributed by atoms with van der Waals surface area (Å²) in [6.45, 7) is 0.348. The van der Waals surface area contributed by atoms with Crippen LogP contribution >= 0.6 is 0 Å². The van der Waals surface area contributed by atoms with Crippen molar-refractivity contribution in [1.82, 2.24) is 5.01 Å². The molecule has 7 nitrogen and oxygen atoms in total. The van der Waals surface area contributed by atoms with Crippen LogP contribution < -0.4 is 9.47 Å². The summed E-state index contributed by atoms with van der Waals surface area (Å²) in [6, 6.07) is 12.9. The Balaban J connectivity index is 1.67. The highest BCUT2D eigenvalue weighted by Gasteiger charge is 2.41. The van der Waals surface area contributed by atoms with Crippen molar-refractivity contribution in [2.75, 3.05) is 21.3 Å². The fraction of sp³-hybridized carbons (Fsp3) is 0.400. The standard InChI is InChI=1S/C25H28N2O5/c1-30-21-13-12-18(14-22(21)31-2)23-19-6-4-5-7-20(19)24(28)27(26-23)15-16-8-10-17(11-9-16)25(29)32-3/h8-14,19-20H,4-7,15H2,1-3H3/t19-,20+/m1/s1. The third kappa shape index (κ3) is 4.20. The van der Waals surface area contributed by atoms with Crippen LogP contribution in [0, 0.1) is 11.8 Å². The van der Waals surface area contributed by atoms with Crippen LogP contribution in [0.1, 0.15) is 47.2 Å². The summed E-state index contributed by atoms with van der Waals surface area (Å²) < 4.78 is 15.6. The zero-order chi connectivity index (χ0) is 22.7. The van der Waals surface area contributed by atoms with Crippen LogP contribution in [0.4, 0.5) is 0 Å². The average molecular weight is 437 g/mol. The van der Waals surface area contributed by atoms with E-state index in [1.807, 2.05) is 30.3 Å². The van der Waals surface area contributed by atoms with Gasteiger partial charge in [-0.05, 0) is 48.7 Å². The van der Waals surface area contributed by atoms with E-state index in [9.17, 15) is 9.59 Å². The van der Waals surface area contributed by atoms with Gasteiger partial charge in [-0.2, -0.15) is 5.10 Å². The number of fused-ring (bicyclic) bond motifs is 1. The lowest BCUT2D eigenvalue weighted by atomic mass is 9.73. The summed E-state index contributed by atoms with van der Waals surface area (Å²) >= 11 is 0. The van der Waals surface area contributed by atoms with E-state index >= 15 is 0 Å². The number of esters is 1. The molecule has 1 heterocycles. The van der Waals surface area contributed by atoms with Crippen molar-refractivity contribution in [3.05, 3.63) is 59.2 Å². The third-order valence-electron chi connectivity index (χ3n) is 6.30. The number of nitrogens with zero attached hydrogens (tertiary/aromatic N) is 2. The van der Waals surface area contributed by atoms with E-state index in [0.29, 0.717) is 23.6 Å². The molecule has 1 aliphatic carbocycles. The van der Waals surface area contributed by atoms with Gasteiger partial charge in [0.1, 0.15) is 0 Å². The molecular formula is C25H28N2O5. The van der Waals surface area contributed by atoms with Crippen LogP contribution in [0.2, 0.25) is 0 Å². The summed E-state index contributed by atoms with van der Waals surface area (Å²) in [7, 11) is 4.58. The van der Waals surface area contributed by atoms with Crippen LogP contribution in [0.3, 0.4) is 0 Å². The Hall–Kier alpha value is -3.35. The second-order valence-electron chi connectivity index (χ2n) is 8.14. The molecule has 0 radical (unpaired) electrons. The molecule has 168 valence electrons. The molecule has 2 aliphatic rings. The summed E-state index contributed by atoms with van der Waals surface area (Å²) in [5.74, 6) is 1.01. The second kappa shape index (κ2) is 9.42. The number of carbonyl (C=O) groups is 2. The molecule has 4 rings (SSSR count). The minimum absolute atomic E-state index is 0.0657. The molecule has 7 heteroatoms. The Labute approximate surface area is 188 Å². The normalized spacial score (nSPS) is 20.3. The molecule has 1 amide bonds. The van der Waals surface area contributed by atoms with E-state index in [1.54, 1.807) is 31.4 Å². The number of hydrogen-bond donors (Lipinski definition) is 0. The highest BCUT2D eigenvalue weighted by atomic mass is 16.5. The van der Waals surface area contributed by atoms with Gasteiger partial charge in [-0.1, -0.05) is 25.0 Å². The second-order valence-corrected chi connectivity index (χ2v) is 8.14. The predicted octanol–water partition coefficient (Wildman–Crippen LogP) is 4.04. The van der Waals surface area contributed by atoms with E-state index < -0.39 is 0 Å². The van der Waals surface area contributed by atoms with E-state index in [1.165, 1.54) is 7.11 Å². The monoisotopic (exact) mass is 436 g/mol. The molecule has 1 aliphatic heterocycles. The lowest BCUT2D eigenvalue weighted by Gasteiger charge is -2.38. The van der Waals surface area contributed by atoms with Crippen LogP contribution in [0.25, 0.3) is 0 Å². The molecule has 2 atom stereocenters. The molecule has 0 bridgehead atoms. The lowest BCUT2D eigenvalue weighted by Crippen LogP contribution is -2.45. The van der Waals surface area contributed by atoms with Gasteiger partial charge >= 0.3 is 5.97 Å². The first-order valence-corrected chi connectivity index (χ1v) is 10.8. The first-order valence-electron chi connectivity index (χ1n) is 10.8. The van der Waals surface area contributed by atoms with Crippen LogP contribution in [-0.2, 0) is 16.1 Å². The molecule has 32 heavy (non-hydrogen) atoms. The number of benzene rings is 2. The Morgan fingerprint density at radius 1 is 0.969 bits per heavy atom. The highest BCUT2D eigenvalue weighted by Crippen LogP contribution is 2.39. The van der Waals surface area contributed by atoms with Gasteiger partial charge in [0.2, 0.25) is 5.91 Å². The molecule has 0 spiro atoms. The largest absolute Gasteiger partial charge is 0.493 e. The van der Waals surface area contributed by atoms with Gasteiger partial charge in [0.05, 0.1) is 39.1 Å². The number of ether oxygens (including phenoxy) is 3. The first-order chi connectivity index (χ1) is 15.5. The molecule has 2 aromatic carbocycles. The molecule has 0 saturated heterocycles. The maximum absolute atomic E-state index is 13.3. The maximum Gasteiger partial charge on any atom is 0.337 e. The SMILES string of the molecule is COC(=O)c1ccc(CN2N=C(c3ccc(OC)c(OC)c3)[C@@H]3CCCC[C@@H]3C2=O)cc1. The summed E-state index contributed by atoms with van der Waals surface area (Å²) in [5, 5.41) is 6.40. The van der Waals surface area contributed by atoms with Crippen LogP contribution in [-0.4, -0.2) is 43.9 Å². The smallest absolute Gasteiger partial charge is 0.337 e. The minimum atomic E-state index is -0.385. The molecule has 2 aromatic rings. The number of hydrogen-bond acceptors (Lipinski definition) is 6. The highest BCUT2D eigenvalue weighted by molar-refractivity contribution is 6.07. The van der Waals surface area contributed by atoms with E-state index in [2.05, 4.69) is 0 Å². The van der Waals surface area contributed by atoms with Crippen molar-refractivity contribution in [2.45, 2.75) is 32.2 Å². The van der Waals surface area contributed by atoms with Gasteiger partial charge in [0, 0.05) is 17.4 Å². The van der Waals surface area contributed by atoms with Gasteiger partial charge in [0.15, 0.2) is 11.5 Å². The molecule has 1 saturated carbocycles. The van der Waals surface area contributed by atoms with Crippen LogP contribution in [0.5, 0.6) is 11.5 Å². The Morgan fingerprint density at radius 3 is 2.31 bits per heavy atom. The van der Waals surface area contributed by atoms with E-state index in [-0.39, 0.29) is 23.7 Å². The van der Waals surface area contributed by atoms with Crippen molar-refractivity contribution >= 4 is 17.6 Å². The van der Waals surface area contributed by atoms with Crippen molar-refractivity contribution in [2.24, 2.45) is 16.9 Å². The van der Waals surface area contributed by atoms with Crippen molar-refractivity contribution in [1.29, 1.82) is 0 Å². The molecule has 0 N–H and O–H groups in total. The fourth-order valence-corrected chi connectivity index (χ4v) is 4.62. The lowest BCUT2D eigenvalue weighted by molar-refractivity contribution is -0.139. The molecular weight excluding hydrogens is 408 g/mol. The fourth-order valence-electron chi connectivity index (χ4n) is 4.62. The van der Waals surface area contributed by atoms with Crippen LogP contribution in [0.15, 0.2) is 47.6 Å². The summed E-state index contributed by atoms with van der Waals surface area (Å²) in [5.41, 5.74) is 3.23. The third-order valence-corrected chi connectivity index (χ3v) is 6.30. The van der Waals surface area contributed by atoms with Crippen molar-refractivity contribution < 1.29 is 23.8 Å². The van der Waals surface area contributed by atoms with Gasteiger partial charge in [-0.3, -0.25) is 4.79 Å². The summed E-state index contributed by atoms with van der Waals surface area (Å²) in [4.78, 5) is 25.0. The number of methoxy groups -OCH3 is 3. The number of carbonyl (C=O) groups excluding carboxylic acids is 2. The summed E-state index contributed by atoms with van der Waals surface area (Å²) in [6.07, 6.45) is 3.96. The van der Waals surface area contributed by atoms with E-state index in [4.69, 9.17) is 19.3 Å². The maximum atomic E-state index is 13.3. The minimum Gasteiger partial charge on any atom is -0.493 e. The topological polar surface area (TPSA) is 77.4 Å². The van der Waals surface area contributed by atoms with Crippen molar-refractivity contribution in [3.63, 3.8) is 0 Å². The predicted molar refractivity (Wildman–Crippen MR) is 120 cm³/mol. The number of rotatable bonds is 6. The Morgan fingerprint density at radius 2 is 1.66 bits per heavy atom. The number of hydrazone groups is 1. The van der Waals surface area contributed by atoms with Crippen molar-refractivity contribution in [3.8, 4) is 11.5 Å². The van der Waals surface area contributed by atoms with Gasteiger partial charge < -0.3 is 14.2 Å². The molecule has 1 fully saturated rings. The number of amides is 1. The molecule has 0 unspecified atom stereocenters. The molecule has 0 aromatic heterocycles. The van der Waals surface area contributed by atoms with E-state index in [0.717, 1.165) is 42.5 Å². The quantitative estimate of drug-likeness (QED) is 0.639.